The van der Waals surface area contributed by atoms with E-state index < -0.39 is 0 Å². The van der Waals surface area contributed by atoms with Gasteiger partial charge in [-0.05, 0) is 31.9 Å². The smallest absolute Gasteiger partial charge is 0.317 e. The van der Waals surface area contributed by atoms with Gasteiger partial charge in [-0.1, -0.05) is 0 Å². The molecule has 0 aliphatic carbocycles. The molecule has 1 unspecified atom stereocenters. The fourth-order valence-electron chi connectivity index (χ4n) is 2.80. The molecule has 0 bridgehead atoms. The predicted molar refractivity (Wildman–Crippen MR) is 89.9 cm³/mol. The van der Waals surface area contributed by atoms with Crippen LogP contribution in [0.4, 0.5) is 4.79 Å². The number of ether oxygens (including phenoxy) is 2. The van der Waals surface area contributed by atoms with Gasteiger partial charge in [0.2, 0.25) is 0 Å². The quantitative estimate of drug-likeness (QED) is 0.783. The van der Waals surface area contributed by atoms with Crippen molar-refractivity contribution in [2.75, 3.05) is 40.0 Å². The van der Waals surface area contributed by atoms with Crippen LogP contribution in [0.1, 0.15) is 19.8 Å². The number of aliphatic hydroxyl groups is 1. The van der Waals surface area contributed by atoms with Crippen molar-refractivity contribution in [3.63, 3.8) is 0 Å². The summed E-state index contributed by atoms with van der Waals surface area (Å²) >= 11 is 0. The first-order chi connectivity index (χ1) is 11.5. The van der Waals surface area contributed by atoms with Crippen LogP contribution in [0, 0.1) is 5.41 Å². The molecule has 0 aromatic carbocycles. The SMILES string of the molecule is CC(CNC(=O)N(C)CC1(CO)CCOCC1)Oc1cccnc1. The van der Waals surface area contributed by atoms with Crippen LogP contribution in [-0.4, -0.2) is 67.1 Å². The van der Waals surface area contributed by atoms with E-state index in [4.69, 9.17) is 9.47 Å². The summed E-state index contributed by atoms with van der Waals surface area (Å²) in [6, 6.07) is 3.46. The lowest BCUT2D eigenvalue weighted by atomic mass is 9.80. The van der Waals surface area contributed by atoms with Gasteiger partial charge in [0.25, 0.3) is 0 Å². The van der Waals surface area contributed by atoms with E-state index in [1.54, 1.807) is 30.4 Å². The molecule has 0 saturated carbocycles. The molecule has 2 heterocycles. The Balaban J connectivity index is 1.76. The summed E-state index contributed by atoms with van der Waals surface area (Å²) in [6.45, 7) is 4.12. The Bertz CT molecular complexity index is 506. The van der Waals surface area contributed by atoms with E-state index in [2.05, 4.69) is 10.3 Å². The van der Waals surface area contributed by atoms with Gasteiger partial charge in [-0.15, -0.1) is 0 Å². The summed E-state index contributed by atoms with van der Waals surface area (Å²) in [5.74, 6) is 0.675. The second-order valence-corrected chi connectivity index (χ2v) is 6.43. The summed E-state index contributed by atoms with van der Waals surface area (Å²) in [4.78, 5) is 17.9. The Morgan fingerprint density at radius 1 is 1.54 bits per heavy atom. The van der Waals surface area contributed by atoms with Crippen LogP contribution >= 0.6 is 0 Å². The third-order valence-corrected chi connectivity index (χ3v) is 4.32. The van der Waals surface area contributed by atoms with Gasteiger partial charge in [0.05, 0.1) is 19.3 Å². The maximum Gasteiger partial charge on any atom is 0.317 e. The van der Waals surface area contributed by atoms with Crippen molar-refractivity contribution in [1.82, 2.24) is 15.2 Å². The number of aromatic nitrogens is 1. The molecule has 2 N–H and O–H groups in total. The lowest BCUT2D eigenvalue weighted by molar-refractivity contribution is -0.0261. The third-order valence-electron chi connectivity index (χ3n) is 4.32. The van der Waals surface area contributed by atoms with Gasteiger partial charge in [-0.2, -0.15) is 0 Å². The highest BCUT2D eigenvalue weighted by Gasteiger charge is 2.34. The van der Waals surface area contributed by atoms with E-state index >= 15 is 0 Å². The van der Waals surface area contributed by atoms with Crippen LogP contribution in [-0.2, 0) is 4.74 Å². The Morgan fingerprint density at radius 2 is 2.29 bits per heavy atom. The van der Waals surface area contributed by atoms with Gasteiger partial charge in [-0.25, -0.2) is 4.79 Å². The number of pyridine rings is 1. The van der Waals surface area contributed by atoms with Crippen molar-refractivity contribution < 1.29 is 19.4 Å². The number of rotatable bonds is 7. The molecule has 1 aliphatic heterocycles. The van der Waals surface area contributed by atoms with Gasteiger partial charge in [0, 0.05) is 38.4 Å². The van der Waals surface area contributed by atoms with Crippen LogP contribution in [0.3, 0.4) is 0 Å². The average molecular weight is 337 g/mol. The molecule has 2 amide bonds. The van der Waals surface area contributed by atoms with Crippen molar-refractivity contribution >= 4 is 6.03 Å². The lowest BCUT2D eigenvalue weighted by Crippen LogP contribution is -2.48. The van der Waals surface area contributed by atoms with Gasteiger partial charge in [0.15, 0.2) is 0 Å². The number of carbonyl (C=O) groups is 1. The topological polar surface area (TPSA) is 83.9 Å². The van der Waals surface area contributed by atoms with Gasteiger partial charge in [0.1, 0.15) is 11.9 Å². The largest absolute Gasteiger partial charge is 0.487 e. The molecule has 7 heteroatoms. The number of nitrogens with one attached hydrogen (secondary N) is 1. The van der Waals surface area contributed by atoms with Crippen LogP contribution in [0.5, 0.6) is 5.75 Å². The molecule has 134 valence electrons. The van der Waals surface area contributed by atoms with E-state index in [-0.39, 0.29) is 24.2 Å². The van der Waals surface area contributed by atoms with E-state index in [1.165, 1.54) is 0 Å². The van der Waals surface area contributed by atoms with Gasteiger partial charge in [-0.3, -0.25) is 4.98 Å². The predicted octanol–water partition coefficient (Wildman–Crippen LogP) is 1.28. The van der Waals surface area contributed by atoms with E-state index in [1.807, 2.05) is 13.0 Å². The summed E-state index contributed by atoms with van der Waals surface area (Å²) in [5, 5.41) is 12.6. The lowest BCUT2D eigenvalue weighted by Gasteiger charge is -2.38. The van der Waals surface area contributed by atoms with E-state index in [9.17, 15) is 9.90 Å². The van der Waals surface area contributed by atoms with Crippen LogP contribution in [0.25, 0.3) is 0 Å². The van der Waals surface area contributed by atoms with Crippen LogP contribution < -0.4 is 10.1 Å². The highest BCUT2D eigenvalue weighted by atomic mass is 16.5. The molecular weight excluding hydrogens is 310 g/mol. The number of nitrogens with zero attached hydrogens (tertiary/aromatic N) is 2. The minimum Gasteiger partial charge on any atom is -0.487 e. The summed E-state index contributed by atoms with van der Waals surface area (Å²) < 4.78 is 11.0. The minimum atomic E-state index is -0.262. The monoisotopic (exact) mass is 337 g/mol. The number of carbonyl (C=O) groups excluding carboxylic acids is 1. The average Bonchev–Trinajstić information content (AvgIpc) is 2.61. The first-order valence-electron chi connectivity index (χ1n) is 8.29. The maximum atomic E-state index is 12.3. The zero-order valence-corrected chi connectivity index (χ0v) is 14.4. The molecule has 0 spiro atoms. The molecule has 2 rings (SSSR count). The molecule has 0 radical (unpaired) electrons. The van der Waals surface area contributed by atoms with Crippen molar-refractivity contribution in [3.05, 3.63) is 24.5 Å². The van der Waals surface area contributed by atoms with Crippen molar-refractivity contribution in [3.8, 4) is 5.75 Å². The standard InChI is InChI=1S/C17H27N3O4/c1-14(24-15-4-3-7-18-11-15)10-19-16(22)20(2)12-17(13-21)5-8-23-9-6-17/h3-4,7,11,14,21H,5-6,8-10,12-13H2,1-2H3,(H,19,22). The Labute approximate surface area is 143 Å². The minimum absolute atomic E-state index is 0.0640. The number of aliphatic hydroxyl groups excluding tert-OH is 1. The van der Waals surface area contributed by atoms with Crippen molar-refractivity contribution in [2.45, 2.75) is 25.9 Å². The molecule has 1 fully saturated rings. The fourth-order valence-corrected chi connectivity index (χ4v) is 2.80. The third kappa shape index (κ3) is 5.35. The number of hydrogen-bond acceptors (Lipinski definition) is 5. The molecule has 1 aromatic rings. The molecule has 1 saturated heterocycles. The Morgan fingerprint density at radius 3 is 2.92 bits per heavy atom. The molecular formula is C17H27N3O4. The van der Waals surface area contributed by atoms with Gasteiger partial charge >= 0.3 is 6.03 Å². The normalized spacial score (nSPS) is 17.8. The highest BCUT2D eigenvalue weighted by Crippen LogP contribution is 2.30. The zero-order valence-electron chi connectivity index (χ0n) is 14.4. The molecule has 1 aromatic heterocycles. The first kappa shape index (κ1) is 18.5. The molecule has 7 nitrogen and oxygen atoms in total. The summed E-state index contributed by atoms with van der Waals surface area (Å²) in [7, 11) is 1.74. The molecule has 1 atom stereocenters. The Kier molecular flexibility index (Phi) is 6.81. The number of hydrogen-bond donors (Lipinski definition) is 2. The maximum absolute atomic E-state index is 12.3. The second kappa shape index (κ2) is 8.84. The fraction of sp³-hybridized carbons (Fsp3) is 0.647. The van der Waals surface area contributed by atoms with E-state index in [0.29, 0.717) is 32.1 Å². The summed E-state index contributed by atoms with van der Waals surface area (Å²) in [6.07, 6.45) is 4.69. The van der Waals surface area contributed by atoms with Crippen LogP contribution in [0.2, 0.25) is 0 Å². The van der Waals surface area contributed by atoms with E-state index in [0.717, 1.165) is 12.8 Å². The van der Waals surface area contributed by atoms with Gasteiger partial charge < -0.3 is 24.8 Å². The zero-order chi connectivity index (χ0) is 17.4. The van der Waals surface area contributed by atoms with Crippen LogP contribution in [0.15, 0.2) is 24.5 Å². The Hall–Kier alpha value is -1.86. The number of amides is 2. The molecule has 24 heavy (non-hydrogen) atoms. The highest BCUT2D eigenvalue weighted by molar-refractivity contribution is 5.73. The second-order valence-electron chi connectivity index (χ2n) is 6.43. The number of urea groups is 1. The van der Waals surface area contributed by atoms with Crippen molar-refractivity contribution in [2.24, 2.45) is 5.41 Å². The van der Waals surface area contributed by atoms with Crippen molar-refractivity contribution in [1.29, 1.82) is 0 Å². The first-order valence-corrected chi connectivity index (χ1v) is 8.29. The molecule has 1 aliphatic rings. The summed E-state index contributed by atoms with van der Waals surface area (Å²) in [5.41, 5.74) is -0.262.